The van der Waals surface area contributed by atoms with Gasteiger partial charge in [-0.25, -0.2) is 4.39 Å². The third-order valence-corrected chi connectivity index (χ3v) is 4.82. The van der Waals surface area contributed by atoms with Crippen LogP contribution in [0.5, 0.6) is 0 Å². The number of nitrogens with zero attached hydrogens (tertiary/aromatic N) is 1. The van der Waals surface area contributed by atoms with Gasteiger partial charge in [-0.05, 0) is 50.4 Å². The Morgan fingerprint density at radius 3 is 2.63 bits per heavy atom. The van der Waals surface area contributed by atoms with Crippen LogP contribution in [-0.4, -0.2) is 29.8 Å². The van der Waals surface area contributed by atoms with E-state index in [-0.39, 0.29) is 17.5 Å². The molecule has 0 radical (unpaired) electrons. The van der Waals surface area contributed by atoms with Crippen LogP contribution in [0.4, 0.5) is 4.39 Å². The molecule has 2 aliphatic heterocycles. The number of carbonyl (C=O) groups is 1. The second-order valence-corrected chi connectivity index (χ2v) is 5.99. The van der Waals surface area contributed by atoms with Gasteiger partial charge in [0.2, 0.25) is 0 Å². The van der Waals surface area contributed by atoms with Gasteiger partial charge in [0.05, 0.1) is 0 Å². The van der Waals surface area contributed by atoms with E-state index in [1.165, 1.54) is 25.0 Å². The van der Waals surface area contributed by atoms with Crippen molar-refractivity contribution in [2.75, 3.05) is 7.05 Å². The number of hydrogen-bond acceptors (Lipinski definition) is 2. The number of benzene rings is 1. The second kappa shape index (κ2) is 5.04. The molecule has 0 spiro atoms. The monoisotopic (exact) mass is 261 g/mol. The molecular formula is C16H20FNO. The first-order valence-corrected chi connectivity index (χ1v) is 7.12. The first-order valence-electron chi connectivity index (χ1n) is 7.12. The number of Topliss-reactive ketones (excluding diaryl/α,β-unsaturated/α-hetero) is 1. The van der Waals surface area contributed by atoms with Crippen LogP contribution in [0.1, 0.15) is 31.2 Å². The lowest BCUT2D eigenvalue weighted by Gasteiger charge is -2.35. The van der Waals surface area contributed by atoms with Gasteiger partial charge in [0.25, 0.3) is 0 Å². The molecule has 1 aromatic rings. The van der Waals surface area contributed by atoms with E-state index in [0.717, 1.165) is 18.4 Å². The maximum absolute atomic E-state index is 13.1. The molecule has 3 heteroatoms. The van der Waals surface area contributed by atoms with Crippen molar-refractivity contribution in [2.45, 2.75) is 44.2 Å². The zero-order valence-corrected chi connectivity index (χ0v) is 11.3. The van der Waals surface area contributed by atoms with E-state index in [4.69, 9.17) is 0 Å². The van der Waals surface area contributed by atoms with Crippen molar-refractivity contribution < 1.29 is 9.18 Å². The summed E-state index contributed by atoms with van der Waals surface area (Å²) >= 11 is 0. The highest BCUT2D eigenvalue weighted by Crippen LogP contribution is 2.38. The van der Waals surface area contributed by atoms with Crippen molar-refractivity contribution in [1.82, 2.24) is 4.90 Å². The van der Waals surface area contributed by atoms with Crippen LogP contribution < -0.4 is 0 Å². The summed E-state index contributed by atoms with van der Waals surface area (Å²) in [7, 11) is 2.18. The number of halogens is 1. The first-order chi connectivity index (χ1) is 9.13. The van der Waals surface area contributed by atoms with E-state index in [1.807, 2.05) is 6.07 Å². The van der Waals surface area contributed by atoms with Crippen molar-refractivity contribution in [3.8, 4) is 0 Å². The zero-order chi connectivity index (χ0) is 13.4. The summed E-state index contributed by atoms with van der Waals surface area (Å²) in [5.41, 5.74) is 0.802. The molecule has 2 atom stereocenters. The van der Waals surface area contributed by atoms with Crippen molar-refractivity contribution in [3.63, 3.8) is 0 Å². The van der Waals surface area contributed by atoms with Gasteiger partial charge in [-0.1, -0.05) is 12.1 Å². The summed E-state index contributed by atoms with van der Waals surface area (Å²) in [6, 6.07) is 7.58. The summed E-state index contributed by atoms with van der Waals surface area (Å²) in [5, 5.41) is 0. The average Bonchev–Trinajstić information content (AvgIpc) is 2.62. The summed E-state index contributed by atoms with van der Waals surface area (Å²) in [5.74, 6) is 0.210. The maximum atomic E-state index is 13.1. The van der Waals surface area contributed by atoms with Crippen molar-refractivity contribution in [2.24, 2.45) is 5.92 Å². The second-order valence-electron chi connectivity index (χ2n) is 5.99. The molecule has 1 aromatic carbocycles. The molecule has 0 N–H and O–H groups in total. The van der Waals surface area contributed by atoms with Crippen LogP contribution in [0.3, 0.4) is 0 Å². The molecular weight excluding hydrogens is 241 g/mol. The fourth-order valence-electron chi connectivity index (χ4n) is 3.67. The molecule has 2 bridgehead atoms. The molecule has 0 aromatic heterocycles. The molecule has 2 fully saturated rings. The Kier molecular flexibility index (Phi) is 3.40. The van der Waals surface area contributed by atoms with Crippen LogP contribution in [0, 0.1) is 11.7 Å². The Morgan fingerprint density at radius 1 is 1.32 bits per heavy atom. The van der Waals surface area contributed by atoms with Gasteiger partial charge in [-0.3, -0.25) is 4.79 Å². The van der Waals surface area contributed by atoms with Gasteiger partial charge in [0.15, 0.2) is 0 Å². The Labute approximate surface area is 113 Å². The zero-order valence-electron chi connectivity index (χ0n) is 11.3. The summed E-state index contributed by atoms with van der Waals surface area (Å²) in [6.45, 7) is 0. The van der Waals surface area contributed by atoms with Gasteiger partial charge in [-0.15, -0.1) is 0 Å². The van der Waals surface area contributed by atoms with E-state index < -0.39 is 0 Å². The lowest BCUT2D eigenvalue weighted by molar-refractivity contribution is -0.124. The maximum Gasteiger partial charge on any atom is 0.140 e. The van der Waals surface area contributed by atoms with Gasteiger partial charge in [-0.2, -0.15) is 0 Å². The predicted octanol–water partition coefficient (Wildman–Crippen LogP) is 2.81. The highest BCUT2D eigenvalue weighted by Gasteiger charge is 2.40. The van der Waals surface area contributed by atoms with Crippen molar-refractivity contribution in [1.29, 1.82) is 0 Å². The minimum atomic E-state index is -0.256. The molecule has 0 saturated carbocycles. The minimum absolute atomic E-state index is 0.178. The number of piperidine rings is 1. The predicted molar refractivity (Wildman–Crippen MR) is 72.4 cm³/mol. The fourth-order valence-corrected chi connectivity index (χ4v) is 3.67. The molecule has 2 heterocycles. The smallest absolute Gasteiger partial charge is 0.140 e. The molecule has 2 aliphatic rings. The van der Waals surface area contributed by atoms with Gasteiger partial charge in [0.1, 0.15) is 11.6 Å². The highest BCUT2D eigenvalue weighted by molar-refractivity contribution is 5.83. The fraction of sp³-hybridized carbons (Fsp3) is 0.562. The molecule has 2 nitrogen and oxygen atoms in total. The topological polar surface area (TPSA) is 20.3 Å². The molecule has 3 rings (SSSR count). The van der Waals surface area contributed by atoms with Gasteiger partial charge in [0, 0.05) is 24.4 Å². The van der Waals surface area contributed by atoms with E-state index in [9.17, 15) is 9.18 Å². The summed E-state index contributed by atoms with van der Waals surface area (Å²) < 4.78 is 13.1. The number of ketones is 1. The van der Waals surface area contributed by atoms with Crippen LogP contribution in [0.15, 0.2) is 24.3 Å². The molecule has 0 amide bonds. The quantitative estimate of drug-likeness (QED) is 0.834. The lowest BCUT2D eigenvalue weighted by atomic mass is 9.85. The Balaban J connectivity index is 1.65. The van der Waals surface area contributed by atoms with Crippen LogP contribution >= 0.6 is 0 Å². The molecule has 19 heavy (non-hydrogen) atoms. The molecule has 2 unspecified atom stereocenters. The van der Waals surface area contributed by atoms with E-state index in [2.05, 4.69) is 11.9 Å². The standard InChI is InChI=1S/C16H20FNO/c1-18-14-5-6-15(18)10-12(9-14)16(19)8-11-3-2-4-13(17)7-11/h2-4,7,12,14-15H,5-6,8-10H2,1H3. The molecule has 102 valence electrons. The molecule has 0 aliphatic carbocycles. The normalized spacial score (nSPS) is 30.5. The van der Waals surface area contributed by atoms with E-state index in [0.29, 0.717) is 18.5 Å². The van der Waals surface area contributed by atoms with Gasteiger partial charge >= 0.3 is 0 Å². The lowest BCUT2D eigenvalue weighted by Crippen LogP contribution is -2.42. The first kappa shape index (κ1) is 12.8. The Bertz CT molecular complexity index is 473. The number of hydrogen-bond donors (Lipinski definition) is 0. The Morgan fingerprint density at radius 2 is 2.00 bits per heavy atom. The van der Waals surface area contributed by atoms with E-state index in [1.54, 1.807) is 6.07 Å². The highest BCUT2D eigenvalue weighted by atomic mass is 19.1. The molecule has 2 saturated heterocycles. The number of carbonyl (C=O) groups excluding carboxylic acids is 1. The largest absolute Gasteiger partial charge is 0.300 e. The van der Waals surface area contributed by atoms with Crippen molar-refractivity contribution >= 4 is 5.78 Å². The summed E-state index contributed by atoms with van der Waals surface area (Å²) in [4.78, 5) is 14.8. The third-order valence-electron chi connectivity index (χ3n) is 4.82. The number of rotatable bonds is 3. The van der Waals surface area contributed by atoms with Crippen LogP contribution in [0.25, 0.3) is 0 Å². The minimum Gasteiger partial charge on any atom is -0.300 e. The van der Waals surface area contributed by atoms with Crippen LogP contribution in [-0.2, 0) is 11.2 Å². The summed E-state index contributed by atoms with van der Waals surface area (Å²) in [6.07, 6.45) is 4.81. The Hall–Kier alpha value is -1.22. The van der Waals surface area contributed by atoms with E-state index >= 15 is 0 Å². The SMILES string of the molecule is CN1C2CCC1CC(C(=O)Cc1cccc(F)c1)C2. The van der Waals surface area contributed by atoms with Gasteiger partial charge < -0.3 is 4.90 Å². The number of fused-ring (bicyclic) bond motifs is 2. The third kappa shape index (κ3) is 2.57. The van der Waals surface area contributed by atoms with Crippen molar-refractivity contribution in [3.05, 3.63) is 35.6 Å². The van der Waals surface area contributed by atoms with Crippen LogP contribution in [0.2, 0.25) is 0 Å². The average molecular weight is 261 g/mol.